The summed E-state index contributed by atoms with van der Waals surface area (Å²) in [5.74, 6) is -0.745. The van der Waals surface area contributed by atoms with E-state index in [1.807, 2.05) is 24.0 Å². The molecule has 3 N–H and O–H groups in total. The van der Waals surface area contributed by atoms with Gasteiger partial charge in [0.15, 0.2) is 0 Å². The number of piperidine rings is 1. The molecule has 0 saturated carbocycles. The average molecular weight is 500 g/mol. The third-order valence-corrected chi connectivity index (χ3v) is 6.69. The number of halogens is 2. The first-order valence-corrected chi connectivity index (χ1v) is 11.5. The predicted molar refractivity (Wildman–Crippen MR) is 135 cm³/mol. The van der Waals surface area contributed by atoms with Gasteiger partial charge in [0.1, 0.15) is 5.82 Å². The Morgan fingerprint density at radius 1 is 1.24 bits per heavy atom. The van der Waals surface area contributed by atoms with Crippen LogP contribution in [0.25, 0.3) is 28.2 Å². The second kappa shape index (κ2) is 9.69. The number of imide groups is 1. The van der Waals surface area contributed by atoms with E-state index in [2.05, 4.69) is 10.3 Å². The van der Waals surface area contributed by atoms with Crippen molar-refractivity contribution in [1.82, 2.24) is 15.3 Å². The number of fused-ring (bicyclic) bond motifs is 1. The van der Waals surface area contributed by atoms with Crippen molar-refractivity contribution in [1.29, 1.82) is 0 Å². The van der Waals surface area contributed by atoms with Crippen LogP contribution in [0.1, 0.15) is 24.1 Å². The number of nitrogens with one attached hydrogen (secondary N) is 1. The maximum atomic E-state index is 15.1. The van der Waals surface area contributed by atoms with E-state index >= 15 is 4.39 Å². The number of hydrogen-bond donors (Lipinski definition) is 2. The number of amides is 2. The molecule has 10 heteroatoms. The van der Waals surface area contributed by atoms with Crippen LogP contribution in [-0.4, -0.2) is 40.2 Å². The van der Waals surface area contributed by atoms with Crippen LogP contribution >= 0.6 is 24.2 Å². The number of carbonyl (C=O) groups is 2. The average Bonchev–Trinajstić information content (AvgIpc) is 3.09. The number of aryl methyl sites for hydroxylation is 1. The minimum Gasteiger partial charge on any atom is -0.368 e. The zero-order valence-electron chi connectivity index (χ0n) is 18.4. The van der Waals surface area contributed by atoms with E-state index in [9.17, 15) is 9.59 Å². The van der Waals surface area contributed by atoms with Crippen molar-refractivity contribution in [3.8, 4) is 11.1 Å². The molecule has 2 fully saturated rings. The Kier molecular flexibility index (Phi) is 6.88. The number of benzene rings is 1. The minimum absolute atomic E-state index is 0. The smallest absolute Gasteiger partial charge is 0.290 e. The summed E-state index contributed by atoms with van der Waals surface area (Å²) < 4.78 is 15.1. The summed E-state index contributed by atoms with van der Waals surface area (Å²) in [6, 6.07) is 8.86. The summed E-state index contributed by atoms with van der Waals surface area (Å²) in [6.07, 6.45) is 5.16. The molecule has 0 spiro atoms. The fourth-order valence-electron chi connectivity index (χ4n) is 4.33. The Labute approximate surface area is 206 Å². The molecule has 2 aliphatic rings. The summed E-state index contributed by atoms with van der Waals surface area (Å²) in [5, 5.41) is 1.83. The molecule has 1 atom stereocenters. The Morgan fingerprint density at radius 3 is 2.76 bits per heavy atom. The molecular weight excluding hydrogens is 477 g/mol. The van der Waals surface area contributed by atoms with Gasteiger partial charge in [-0.3, -0.25) is 19.9 Å². The molecule has 34 heavy (non-hydrogen) atoms. The third kappa shape index (κ3) is 4.64. The van der Waals surface area contributed by atoms with E-state index in [-0.39, 0.29) is 29.2 Å². The molecular formula is C24H23ClFN5O2S. The van der Waals surface area contributed by atoms with E-state index in [1.165, 1.54) is 6.07 Å². The molecule has 0 unspecified atom stereocenters. The maximum Gasteiger partial charge on any atom is 0.290 e. The molecule has 0 aliphatic carbocycles. The van der Waals surface area contributed by atoms with Crippen LogP contribution < -0.4 is 16.0 Å². The van der Waals surface area contributed by atoms with Crippen LogP contribution in [0.5, 0.6) is 0 Å². The second-order valence-corrected chi connectivity index (χ2v) is 9.30. The molecule has 4 heterocycles. The monoisotopic (exact) mass is 499 g/mol. The first kappa shape index (κ1) is 24.1. The van der Waals surface area contributed by atoms with Crippen molar-refractivity contribution in [2.75, 3.05) is 18.0 Å². The van der Waals surface area contributed by atoms with Crippen LogP contribution in [0.15, 0.2) is 41.4 Å². The molecule has 3 aromatic rings. The standard InChI is InChI=1S/C24H22FN5O2S.ClH/c1-13-9-16(11-20-23(31)29-24(32)33-20)28-22-17(6-7-27-21(13)22)14-4-5-19(18(25)10-14)30-8-2-3-15(26)12-30;/h4-7,9-11,15H,2-3,8,12,26H2,1H3,(H,29,31,32);1H/t15-;/m1./s1. The van der Waals surface area contributed by atoms with E-state index in [0.717, 1.165) is 42.3 Å². The molecule has 2 aliphatic heterocycles. The van der Waals surface area contributed by atoms with Crippen LogP contribution in [0.3, 0.4) is 0 Å². The van der Waals surface area contributed by atoms with Gasteiger partial charge >= 0.3 is 0 Å². The van der Waals surface area contributed by atoms with E-state index in [4.69, 9.17) is 10.7 Å². The van der Waals surface area contributed by atoms with Crippen LogP contribution in [0.2, 0.25) is 0 Å². The molecule has 7 nitrogen and oxygen atoms in total. The number of carbonyl (C=O) groups excluding carboxylic acids is 2. The molecule has 1 aromatic carbocycles. The zero-order valence-corrected chi connectivity index (χ0v) is 20.0. The Bertz CT molecular complexity index is 1330. The number of thioether (sulfide) groups is 1. The molecule has 176 valence electrons. The van der Waals surface area contributed by atoms with Crippen molar-refractivity contribution < 1.29 is 14.0 Å². The fourth-order valence-corrected chi connectivity index (χ4v) is 5.00. The predicted octanol–water partition coefficient (Wildman–Crippen LogP) is 4.42. The summed E-state index contributed by atoms with van der Waals surface area (Å²) in [6.45, 7) is 3.33. The number of nitrogens with two attached hydrogens (primary N) is 1. The molecule has 2 amide bonds. The number of rotatable bonds is 3. The van der Waals surface area contributed by atoms with Crippen LogP contribution in [0, 0.1) is 12.7 Å². The summed E-state index contributed by atoms with van der Waals surface area (Å²) in [5.41, 5.74) is 10.7. The summed E-state index contributed by atoms with van der Waals surface area (Å²) in [4.78, 5) is 34.8. The third-order valence-electron chi connectivity index (χ3n) is 5.88. The largest absolute Gasteiger partial charge is 0.368 e. The normalized spacial score (nSPS) is 19.4. The highest BCUT2D eigenvalue weighted by atomic mass is 35.5. The lowest BCUT2D eigenvalue weighted by atomic mass is 10.0. The number of nitrogens with zero attached hydrogens (tertiary/aromatic N) is 3. The van der Waals surface area contributed by atoms with E-state index in [1.54, 1.807) is 24.4 Å². The molecule has 0 bridgehead atoms. The van der Waals surface area contributed by atoms with E-state index in [0.29, 0.717) is 34.5 Å². The maximum absolute atomic E-state index is 15.1. The van der Waals surface area contributed by atoms with Crippen LogP contribution in [-0.2, 0) is 4.79 Å². The minimum atomic E-state index is -0.439. The van der Waals surface area contributed by atoms with Gasteiger partial charge in [-0.1, -0.05) is 6.07 Å². The first-order chi connectivity index (χ1) is 15.9. The van der Waals surface area contributed by atoms with Gasteiger partial charge in [-0.05, 0) is 73.0 Å². The number of pyridine rings is 2. The summed E-state index contributed by atoms with van der Waals surface area (Å²) in [7, 11) is 0. The lowest BCUT2D eigenvalue weighted by molar-refractivity contribution is -0.115. The number of anilines is 1. The Hall–Kier alpha value is -3.01. The lowest BCUT2D eigenvalue weighted by Gasteiger charge is -2.32. The van der Waals surface area contributed by atoms with Crippen molar-refractivity contribution >= 4 is 58.1 Å². The lowest BCUT2D eigenvalue weighted by Crippen LogP contribution is -2.43. The van der Waals surface area contributed by atoms with Gasteiger partial charge in [-0.15, -0.1) is 12.4 Å². The van der Waals surface area contributed by atoms with Crippen LogP contribution in [0.4, 0.5) is 14.9 Å². The van der Waals surface area contributed by atoms with Crippen molar-refractivity contribution in [2.24, 2.45) is 5.73 Å². The van der Waals surface area contributed by atoms with Gasteiger partial charge in [0, 0.05) is 30.9 Å². The molecule has 0 radical (unpaired) electrons. The Morgan fingerprint density at radius 2 is 2.06 bits per heavy atom. The zero-order chi connectivity index (χ0) is 23.1. The van der Waals surface area contributed by atoms with Crippen molar-refractivity contribution in [3.63, 3.8) is 0 Å². The van der Waals surface area contributed by atoms with Gasteiger partial charge in [0.25, 0.3) is 11.1 Å². The van der Waals surface area contributed by atoms with Gasteiger partial charge < -0.3 is 10.6 Å². The first-order valence-electron chi connectivity index (χ1n) is 10.7. The number of hydrogen-bond acceptors (Lipinski definition) is 7. The SMILES string of the molecule is Cc1cc(C=C2SC(=O)NC2=O)nc2c(-c3ccc(N4CCC[C@@H](N)C4)c(F)c3)ccnc12.Cl. The van der Waals surface area contributed by atoms with Crippen molar-refractivity contribution in [2.45, 2.75) is 25.8 Å². The van der Waals surface area contributed by atoms with Gasteiger partial charge in [-0.25, -0.2) is 9.37 Å². The molecule has 5 rings (SSSR count). The van der Waals surface area contributed by atoms with Crippen molar-refractivity contribution in [3.05, 3.63) is 58.5 Å². The second-order valence-electron chi connectivity index (χ2n) is 8.29. The van der Waals surface area contributed by atoms with Gasteiger partial charge in [-0.2, -0.15) is 0 Å². The van der Waals surface area contributed by atoms with Gasteiger partial charge in [0.2, 0.25) is 0 Å². The fraction of sp³-hybridized carbons (Fsp3) is 0.250. The quantitative estimate of drug-likeness (QED) is 0.514. The highest BCUT2D eigenvalue weighted by molar-refractivity contribution is 8.18. The molecule has 2 saturated heterocycles. The van der Waals surface area contributed by atoms with Gasteiger partial charge in [0.05, 0.1) is 27.3 Å². The highest BCUT2D eigenvalue weighted by Gasteiger charge is 2.25. The topological polar surface area (TPSA) is 101 Å². The number of aromatic nitrogens is 2. The Balaban J connectivity index is 0.00000274. The summed E-state index contributed by atoms with van der Waals surface area (Å²) >= 11 is 0.840. The van der Waals surface area contributed by atoms with E-state index < -0.39 is 11.1 Å². The molecule has 2 aromatic heterocycles. The highest BCUT2D eigenvalue weighted by Crippen LogP contribution is 2.33.